The summed E-state index contributed by atoms with van der Waals surface area (Å²) in [6.45, 7) is 7.53. The lowest BCUT2D eigenvalue weighted by molar-refractivity contribution is 0.666. The highest BCUT2D eigenvalue weighted by Gasteiger charge is 1.98. The number of hydrogen-bond acceptors (Lipinski definition) is 1. The topological polar surface area (TPSA) is 41.4 Å². The van der Waals surface area contributed by atoms with Crippen LogP contribution in [0.5, 0.6) is 0 Å². The van der Waals surface area contributed by atoms with Crippen LogP contribution in [0.1, 0.15) is 18.1 Å². The summed E-state index contributed by atoms with van der Waals surface area (Å²) in [6.07, 6.45) is 4.14. The normalized spacial score (nSPS) is 11.4. The molecule has 4 heteroatoms. The molecular weight excluding hydrogens is 260 g/mol. The largest absolute Gasteiger partial charge is 0.357 e. The van der Waals surface area contributed by atoms with Gasteiger partial charge in [0.25, 0.3) is 0 Å². The van der Waals surface area contributed by atoms with E-state index < -0.39 is 0 Å². The highest BCUT2D eigenvalue weighted by atomic mass is 15.2. The highest BCUT2D eigenvalue weighted by molar-refractivity contribution is 5.79. The van der Waals surface area contributed by atoms with Gasteiger partial charge in [0, 0.05) is 32.0 Å². The molecule has 0 atom stereocenters. The van der Waals surface area contributed by atoms with Gasteiger partial charge in [-0.05, 0) is 31.5 Å². The summed E-state index contributed by atoms with van der Waals surface area (Å²) in [7, 11) is 0. The molecule has 1 aromatic carbocycles. The van der Waals surface area contributed by atoms with E-state index in [1.54, 1.807) is 0 Å². The fraction of sp³-hybridized carbons (Fsp3) is 0.353. The minimum absolute atomic E-state index is 0.695. The van der Waals surface area contributed by atoms with Crippen molar-refractivity contribution in [1.29, 1.82) is 0 Å². The van der Waals surface area contributed by atoms with E-state index in [0.29, 0.717) is 6.54 Å². The van der Waals surface area contributed by atoms with Gasteiger partial charge in [-0.2, -0.15) is 0 Å². The molecule has 0 aliphatic rings. The van der Waals surface area contributed by atoms with Crippen LogP contribution in [-0.2, 0) is 13.1 Å². The summed E-state index contributed by atoms with van der Waals surface area (Å²) >= 11 is 0. The molecule has 0 radical (unpaired) electrons. The number of aryl methyl sites for hydroxylation is 1. The lowest BCUT2D eigenvalue weighted by Crippen LogP contribution is -2.38. The first-order valence-electron chi connectivity index (χ1n) is 7.46. The quantitative estimate of drug-likeness (QED) is 0.632. The second-order valence-corrected chi connectivity index (χ2v) is 5.03. The molecule has 0 amide bonds. The number of nitrogens with one attached hydrogen (secondary N) is 2. The van der Waals surface area contributed by atoms with Crippen LogP contribution in [0.2, 0.25) is 0 Å². The Kier molecular flexibility index (Phi) is 5.88. The van der Waals surface area contributed by atoms with Gasteiger partial charge in [0.05, 0.1) is 6.54 Å². The second kappa shape index (κ2) is 8.15. The van der Waals surface area contributed by atoms with Crippen molar-refractivity contribution in [2.75, 3.05) is 13.1 Å². The van der Waals surface area contributed by atoms with E-state index in [-0.39, 0.29) is 0 Å². The maximum atomic E-state index is 4.63. The molecule has 1 aromatic heterocycles. The maximum Gasteiger partial charge on any atom is 0.191 e. The Labute approximate surface area is 126 Å². The summed E-state index contributed by atoms with van der Waals surface area (Å²) in [6, 6.07) is 12.5. The molecule has 0 fully saturated rings. The molecule has 1 heterocycles. The van der Waals surface area contributed by atoms with Crippen LogP contribution in [-0.4, -0.2) is 23.6 Å². The van der Waals surface area contributed by atoms with E-state index in [1.807, 2.05) is 12.1 Å². The van der Waals surface area contributed by atoms with Gasteiger partial charge in [0.1, 0.15) is 0 Å². The molecule has 0 saturated carbocycles. The van der Waals surface area contributed by atoms with Crippen LogP contribution in [0.4, 0.5) is 0 Å². The first-order valence-corrected chi connectivity index (χ1v) is 7.46. The molecule has 0 aliphatic carbocycles. The van der Waals surface area contributed by atoms with Crippen molar-refractivity contribution in [3.8, 4) is 0 Å². The molecule has 4 nitrogen and oxygen atoms in total. The number of aliphatic imine (C=N–C) groups is 1. The van der Waals surface area contributed by atoms with Crippen LogP contribution in [0.25, 0.3) is 0 Å². The molecular formula is C17H24N4. The zero-order chi connectivity index (χ0) is 14.9. The first kappa shape index (κ1) is 15.2. The summed E-state index contributed by atoms with van der Waals surface area (Å²) < 4.78 is 2.15. The van der Waals surface area contributed by atoms with E-state index >= 15 is 0 Å². The molecule has 2 aromatic rings. The summed E-state index contributed by atoms with van der Waals surface area (Å²) in [4.78, 5) is 4.63. The summed E-state index contributed by atoms with van der Waals surface area (Å²) in [5.74, 6) is 0.867. The minimum atomic E-state index is 0.695. The first-order chi connectivity index (χ1) is 10.3. The summed E-state index contributed by atoms with van der Waals surface area (Å²) in [5.41, 5.74) is 2.51. The van der Waals surface area contributed by atoms with E-state index in [2.05, 4.69) is 70.7 Å². The Bertz CT molecular complexity index is 558. The highest BCUT2D eigenvalue weighted by Crippen LogP contribution is 2.04. The van der Waals surface area contributed by atoms with Crippen LogP contribution >= 0.6 is 0 Å². The van der Waals surface area contributed by atoms with Gasteiger partial charge in [-0.1, -0.05) is 29.8 Å². The Morgan fingerprint density at radius 1 is 1.14 bits per heavy atom. The lowest BCUT2D eigenvalue weighted by atomic mass is 10.1. The molecule has 0 aliphatic heterocycles. The molecule has 0 saturated heterocycles. The van der Waals surface area contributed by atoms with Crippen molar-refractivity contribution >= 4 is 5.96 Å². The number of rotatable bonds is 6. The Balaban J connectivity index is 1.86. The third-order valence-electron chi connectivity index (χ3n) is 3.18. The molecule has 0 bridgehead atoms. The summed E-state index contributed by atoms with van der Waals surface area (Å²) in [5, 5.41) is 6.64. The van der Waals surface area contributed by atoms with E-state index in [4.69, 9.17) is 0 Å². The van der Waals surface area contributed by atoms with Crippen LogP contribution in [0.3, 0.4) is 0 Å². The Morgan fingerprint density at radius 2 is 1.95 bits per heavy atom. The molecule has 2 rings (SSSR count). The lowest BCUT2D eigenvalue weighted by Gasteiger charge is -2.11. The van der Waals surface area contributed by atoms with Crippen molar-refractivity contribution in [3.63, 3.8) is 0 Å². The number of hydrogen-bond donors (Lipinski definition) is 2. The molecule has 0 spiro atoms. The van der Waals surface area contributed by atoms with E-state index in [9.17, 15) is 0 Å². The number of nitrogens with zero attached hydrogens (tertiary/aromatic N) is 2. The van der Waals surface area contributed by atoms with Crippen molar-refractivity contribution in [2.45, 2.75) is 26.9 Å². The third kappa shape index (κ3) is 5.34. The van der Waals surface area contributed by atoms with Crippen molar-refractivity contribution in [1.82, 2.24) is 15.2 Å². The Hall–Kier alpha value is -2.23. The fourth-order valence-electron chi connectivity index (χ4n) is 2.15. The van der Waals surface area contributed by atoms with Gasteiger partial charge < -0.3 is 15.2 Å². The zero-order valence-corrected chi connectivity index (χ0v) is 12.8. The fourth-order valence-corrected chi connectivity index (χ4v) is 2.15. The SMILES string of the molecule is CCNC(=NCc1cccc(C)c1)NCCn1cccc1. The van der Waals surface area contributed by atoms with Gasteiger partial charge in [-0.25, -0.2) is 4.99 Å². The Morgan fingerprint density at radius 3 is 2.67 bits per heavy atom. The van der Waals surface area contributed by atoms with Crippen LogP contribution < -0.4 is 10.6 Å². The van der Waals surface area contributed by atoms with Gasteiger partial charge in [-0.15, -0.1) is 0 Å². The molecule has 2 N–H and O–H groups in total. The molecule has 112 valence electrons. The second-order valence-electron chi connectivity index (χ2n) is 5.03. The van der Waals surface area contributed by atoms with Crippen LogP contribution in [0.15, 0.2) is 53.8 Å². The van der Waals surface area contributed by atoms with Crippen LogP contribution in [0, 0.1) is 6.92 Å². The van der Waals surface area contributed by atoms with E-state index in [0.717, 1.165) is 25.6 Å². The van der Waals surface area contributed by atoms with Crippen molar-refractivity contribution in [3.05, 3.63) is 59.9 Å². The van der Waals surface area contributed by atoms with Gasteiger partial charge in [0.15, 0.2) is 5.96 Å². The average molecular weight is 284 g/mol. The zero-order valence-electron chi connectivity index (χ0n) is 12.8. The monoisotopic (exact) mass is 284 g/mol. The van der Waals surface area contributed by atoms with Gasteiger partial charge >= 0.3 is 0 Å². The maximum absolute atomic E-state index is 4.63. The standard InChI is InChI=1S/C17H24N4/c1-3-18-17(19-9-12-21-10-4-5-11-21)20-14-16-8-6-7-15(2)13-16/h4-8,10-11,13H,3,9,12,14H2,1-2H3,(H2,18,19,20). The number of benzene rings is 1. The number of aromatic nitrogens is 1. The number of guanidine groups is 1. The smallest absolute Gasteiger partial charge is 0.191 e. The minimum Gasteiger partial charge on any atom is -0.357 e. The van der Waals surface area contributed by atoms with Gasteiger partial charge in [-0.3, -0.25) is 0 Å². The average Bonchev–Trinajstić information content (AvgIpc) is 2.98. The van der Waals surface area contributed by atoms with Gasteiger partial charge in [0.2, 0.25) is 0 Å². The predicted octanol–water partition coefficient (Wildman–Crippen LogP) is 2.55. The van der Waals surface area contributed by atoms with E-state index in [1.165, 1.54) is 11.1 Å². The van der Waals surface area contributed by atoms with Crippen molar-refractivity contribution < 1.29 is 0 Å². The molecule has 21 heavy (non-hydrogen) atoms. The predicted molar refractivity (Wildman–Crippen MR) is 88.4 cm³/mol. The molecule has 0 unspecified atom stereocenters. The third-order valence-corrected chi connectivity index (χ3v) is 3.18. The van der Waals surface area contributed by atoms with Crippen molar-refractivity contribution in [2.24, 2.45) is 4.99 Å².